The second-order valence-corrected chi connectivity index (χ2v) is 5.65. The molecule has 0 fully saturated rings. The first-order chi connectivity index (χ1) is 10.5. The third kappa shape index (κ3) is 8.78. The summed E-state index contributed by atoms with van der Waals surface area (Å²) in [6.07, 6.45) is 0.843. The van der Waals surface area contributed by atoms with E-state index in [2.05, 4.69) is 41.7 Å². The predicted octanol–water partition coefficient (Wildman–Crippen LogP) is 2.63. The molecule has 130 valence electrons. The van der Waals surface area contributed by atoms with Crippen LogP contribution in [0.1, 0.15) is 37.6 Å². The van der Waals surface area contributed by atoms with Crippen molar-refractivity contribution < 1.29 is 4.79 Å². The molecule has 1 rings (SSSR count). The second-order valence-electron chi connectivity index (χ2n) is 5.65. The van der Waals surface area contributed by atoms with Crippen LogP contribution in [-0.2, 0) is 0 Å². The molecule has 1 amide bonds. The number of nitrogens with zero attached hydrogens (tertiary/aromatic N) is 1. The van der Waals surface area contributed by atoms with Crippen LogP contribution in [0.4, 0.5) is 0 Å². The van der Waals surface area contributed by atoms with Crippen LogP contribution in [-0.4, -0.2) is 38.0 Å². The first-order valence-electron chi connectivity index (χ1n) is 7.85. The van der Waals surface area contributed by atoms with Gasteiger partial charge in [0.1, 0.15) is 0 Å². The summed E-state index contributed by atoms with van der Waals surface area (Å²) in [7, 11) is 1.76. The van der Waals surface area contributed by atoms with Crippen molar-refractivity contribution in [1.29, 1.82) is 0 Å². The third-order valence-corrected chi connectivity index (χ3v) is 3.56. The van der Waals surface area contributed by atoms with Gasteiger partial charge in [0, 0.05) is 31.7 Å². The number of halogens is 1. The van der Waals surface area contributed by atoms with Crippen molar-refractivity contribution >= 4 is 35.8 Å². The highest BCUT2D eigenvalue weighted by molar-refractivity contribution is 14.0. The maximum absolute atomic E-state index is 11.9. The largest absolute Gasteiger partial charge is 0.356 e. The smallest absolute Gasteiger partial charge is 0.251 e. The van der Waals surface area contributed by atoms with Gasteiger partial charge >= 0.3 is 0 Å². The molecule has 0 spiro atoms. The molecule has 0 radical (unpaired) electrons. The van der Waals surface area contributed by atoms with E-state index in [1.54, 1.807) is 7.05 Å². The first kappa shape index (κ1) is 21.7. The molecule has 1 unspecified atom stereocenters. The molecule has 0 aliphatic heterocycles. The van der Waals surface area contributed by atoms with Gasteiger partial charge in [0.2, 0.25) is 0 Å². The molecule has 1 aromatic rings. The van der Waals surface area contributed by atoms with E-state index >= 15 is 0 Å². The zero-order chi connectivity index (χ0) is 16.4. The van der Waals surface area contributed by atoms with Gasteiger partial charge in [0.05, 0.1) is 0 Å². The summed E-state index contributed by atoms with van der Waals surface area (Å²) in [5.74, 6) is 1.32. The van der Waals surface area contributed by atoms with Crippen LogP contribution in [0.5, 0.6) is 0 Å². The quantitative estimate of drug-likeness (QED) is 0.269. The minimum atomic E-state index is -0.0310. The molecule has 0 saturated carbocycles. The van der Waals surface area contributed by atoms with Crippen LogP contribution in [0, 0.1) is 5.92 Å². The Morgan fingerprint density at radius 1 is 1.09 bits per heavy atom. The van der Waals surface area contributed by atoms with E-state index < -0.39 is 0 Å². The summed E-state index contributed by atoms with van der Waals surface area (Å²) in [5.41, 5.74) is 0.693. The Hall–Kier alpha value is -1.31. The van der Waals surface area contributed by atoms with E-state index in [1.807, 2.05) is 30.3 Å². The van der Waals surface area contributed by atoms with E-state index in [4.69, 9.17) is 0 Å². The fourth-order valence-electron chi connectivity index (χ4n) is 1.77. The standard InChI is InChI=1S/C17H28N4O.HI/c1-13(2)14(3)21-17(18-4)20-12-8-11-19-16(22)15-9-6-5-7-10-15;/h5-7,9-10,13-14H,8,11-12H2,1-4H3,(H,19,22)(H2,18,20,21);1H. The molecular weight excluding hydrogens is 403 g/mol. The fraction of sp³-hybridized carbons (Fsp3) is 0.529. The van der Waals surface area contributed by atoms with Crippen LogP contribution in [0.3, 0.4) is 0 Å². The van der Waals surface area contributed by atoms with E-state index in [0.717, 1.165) is 18.9 Å². The highest BCUT2D eigenvalue weighted by Crippen LogP contribution is 1.99. The number of hydrogen-bond donors (Lipinski definition) is 3. The van der Waals surface area contributed by atoms with E-state index in [0.29, 0.717) is 24.1 Å². The number of benzene rings is 1. The minimum absolute atomic E-state index is 0. The maximum Gasteiger partial charge on any atom is 0.251 e. The lowest BCUT2D eigenvalue weighted by molar-refractivity contribution is 0.0953. The molecule has 0 heterocycles. The Morgan fingerprint density at radius 2 is 1.70 bits per heavy atom. The van der Waals surface area contributed by atoms with Gasteiger partial charge in [-0.1, -0.05) is 32.0 Å². The number of guanidine groups is 1. The van der Waals surface area contributed by atoms with E-state index in [-0.39, 0.29) is 29.9 Å². The van der Waals surface area contributed by atoms with Gasteiger partial charge in [-0.3, -0.25) is 9.79 Å². The van der Waals surface area contributed by atoms with Crippen molar-refractivity contribution in [1.82, 2.24) is 16.0 Å². The number of carbonyl (C=O) groups is 1. The molecule has 3 N–H and O–H groups in total. The molecule has 0 saturated heterocycles. The van der Waals surface area contributed by atoms with Crippen molar-refractivity contribution in [3.63, 3.8) is 0 Å². The highest BCUT2D eigenvalue weighted by atomic mass is 127. The van der Waals surface area contributed by atoms with Gasteiger partial charge in [0.15, 0.2) is 5.96 Å². The molecule has 0 aliphatic carbocycles. The van der Waals surface area contributed by atoms with Crippen molar-refractivity contribution in [2.75, 3.05) is 20.1 Å². The van der Waals surface area contributed by atoms with Crippen LogP contribution >= 0.6 is 24.0 Å². The van der Waals surface area contributed by atoms with Gasteiger partial charge in [0.25, 0.3) is 5.91 Å². The Kier molecular flexibility index (Phi) is 11.5. The normalized spacial score (nSPS) is 12.3. The Bertz CT molecular complexity index is 477. The molecule has 1 aromatic carbocycles. The fourth-order valence-corrected chi connectivity index (χ4v) is 1.77. The molecule has 1 atom stereocenters. The number of hydrogen-bond acceptors (Lipinski definition) is 2. The number of nitrogens with one attached hydrogen (secondary N) is 3. The van der Waals surface area contributed by atoms with Gasteiger partial charge in [-0.2, -0.15) is 0 Å². The predicted molar refractivity (Wildman–Crippen MR) is 108 cm³/mol. The highest BCUT2D eigenvalue weighted by Gasteiger charge is 2.08. The van der Waals surface area contributed by atoms with Crippen molar-refractivity contribution in [3.05, 3.63) is 35.9 Å². The molecule has 23 heavy (non-hydrogen) atoms. The zero-order valence-corrected chi connectivity index (χ0v) is 16.8. The summed E-state index contributed by atoms with van der Waals surface area (Å²) < 4.78 is 0. The molecule has 0 bridgehead atoms. The minimum Gasteiger partial charge on any atom is -0.356 e. The SMILES string of the molecule is CN=C(NCCCNC(=O)c1ccccc1)NC(C)C(C)C.I. The third-order valence-electron chi connectivity index (χ3n) is 3.56. The Balaban J connectivity index is 0.00000484. The molecule has 5 nitrogen and oxygen atoms in total. The van der Waals surface area contributed by atoms with Crippen molar-refractivity contribution in [2.45, 2.75) is 33.2 Å². The summed E-state index contributed by atoms with van der Waals surface area (Å²) in [4.78, 5) is 16.0. The molecule has 0 aromatic heterocycles. The zero-order valence-electron chi connectivity index (χ0n) is 14.4. The van der Waals surface area contributed by atoms with E-state index in [9.17, 15) is 4.79 Å². The number of amides is 1. The lowest BCUT2D eigenvalue weighted by Crippen LogP contribution is -2.44. The summed E-state index contributed by atoms with van der Waals surface area (Å²) >= 11 is 0. The Labute approximate surface area is 156 Å². The van der Waals surface area contributed by atoms with Crippen LogP contribution in [0.2, 0.25) is 0 Å². The summed E-state index contributed by atoms with van der Waals surface area (Å²) in [6, 6.07) is 9.62. The van der Waals surface area contributed by atoms with Gasteiger partial charge in [-0.15, -0.1) is 24.0 Å². The van der Waals surface area contributed by atoms with E-state index in [1.165, 1.54) is 0 Å². The molecular formula is C17H29IN4O. The van der Waals surface area contributed by atoms with Crippen LogP contribution in [0.25, 0.3) is 0 Å². The maximum atomic E-state index is 11.9. The van der Waals surface area contributed by atoms with Gasteiger partial charge < -0.3 is 16.0 Å². The number of rotatable bonds is 7. The monoisotopic (exact) mass is 432 g/mol. The average molecular weight is 432 g/mol. The lowest BCUT2D eigenvalue weighted by atomic mass is 10.1. The summed E-state index contributed by atoms with van der Waals surface area (Å²) in [6.45, 7) is 7.88. The average Bonchev–Trinajstić information content (AvgIpc) is 2.53. The van der Waals surface area contributed by atoms with Crippen LogP contribution in [0.15, 0.2) is 35.3 Å². The molecule has 6 heteroatoms. The number of carbonyl (C=O) groups excluding carboxylic acids is 1. The van der Waals surface area contributed by atoms with Gasteiger partial charge in [-0.05, 0) is 31.4 Å². The van der Waals surface area contributed by atoms with Gasteiger partial charge in [-0.25, -0.2) is 0 Å². The summed E-state index contributed by atoms with van der Waals surface area (Å²) in [5, 5.41) is 9.51. The van der Waals surface area contributed by atoms with Crippen LogP contribution < -0.4 is 16.0 Å². The number of aliphatic imine (C=N–C) groups is 1. The van der Waals surface area contributed by atoms with Crippen molar-refractivity contribution in [2.24, 2.45) is 10.9 Å². The topological polar surface area (TPSA) is 65.5 Å². The molecule has 0 aliphatic rings. The second kappa shape index (κ2) is 12.2. The Morgan fingerprint density at radius 3 is 2.26 bits per heavy atom. The lowest BCUT2D eigenvalue weighted by Gasteiger charge is -2.20. The first-order valence-corrected chi connectivity index (χ1v) is 7.85. The van der Waals surface area contributed by atoms with Crippen molar-refractivity contribution in [3.8, 4) is 0 Å².